The minimum absolute atomic E-state index is 0.0330. The van der Waals surface area contributed by atoms with Crippen molar-refractivity contribution in [3.05, 3.63) is 40.4 Å². The van der Waals surface area contributed by atoms with Crippen LogP contribution in [0.5, 0.6) is 5.75 Å². The Morgan fingerprint density at radius 3 is 2.71 bits per heavy atom. The first kappa shape index (κ1) is 16.4. The fourth-order valence-corrected chi connectivity index (χ4v) is 3.10. The molecule has 1 aliphatic heterocycles. The molecule has 6 heteroatoms. The summed E-state index contributed by atoms with van der Waals surface area (Å²) in [5.74, 6) is -2.14. The highest BCUT2D eigenvalue weighted by Crippen LogP contribution is 2.40. The Labute approximate surface area is 131 Å². The molecule has 1 saturated heterocycles. The van der Waals surface area contributed by atoms with Gasteiger partial charge in [-0.05, 0) is 34.8 Å². The molecular formula is C15H19BrF2N2O. The Hall–Kier alpha value is -0.980. The molecule has 2 rings (SSSR count). The molecule has 1 aliphatic rings. The highest BCUT2D eigenvalue weighted by Gasteiger charge is 2.29. The quantitative estimate of drug-likeness (QED) is 0.624. The number of benzene rings is 1. The molecule has 3 nitrogen and oxygen atoms in total. The van der Waals surface area contributed by atoms with Crippen LogP contribution < -0.4 is 5.32 Å². The van der Waals surface area contributed by atoms with Gasteiger partial charge in [-0.1, -0.05) is 6.08 Å². The molecule has 1 fully saturated rings. The molecule has 1 atom stereocenters. The van der Waals surface area contributed by atoms with E-state index < -0.39 is 11.6 Å². The number of allylic oxidation sites excluding steroid dienone is 1. The Balaban J connectivity index is 2.42. The van der Waals surface area contributed by atoms with E-state index >= 15 is 0 Å². The zero-order valence-electron chi connectivity index (χ0n) is 11.7. The van der Waals surface area contributed by atoms with Crippen molar-refractivity contribution >= 4 is 15.9 Å². The minimum atomic E-state index is -0.969. The molecule has 0 bridgehead atoms. The van der Waals surface area contributed by atoms with E-state index in [9.17, 15) is 13.9 Å². The first-order valence-electron chi connectivity index (χ1n) is 6.98. The van der Waals surface area contributed by atoms with Crippen LogP contribution in [0.4, 0.5) is 8.78 Å². The van der Waals surface area contributed by atoms with E-state index in [-0.39, 0.29) is 21.8 Å². The molecule has 0 saturated carbocycles. The van der Waals surface area contributed by atoms with Crippen LogP contribution in [0.3, 0.4) is 0 Å². The van der Waals surface area contributed by atoms with Crippen LogP contribution >= 0.6 is 15.9 Å². The van der Waals surface area contributed by atoms with Crippen molar-refractivity contribution in [3.8, 4) is 5.75 Å². The lowest BCUT2D eigenvalue weighted by Gasteiger charge is -2.35. The normalized spacial score (nSPS) is 17.7. The summed E-state index contributed by atoms with van der Waals surface area (Å²) in [5, 5.41) is 13.4. The van der Waals surface area contributed by atoms with E-state index in [0.717, 1.165) is 32.2 Å². The summed E-state index contributed by atoms with van der Waals surface area (Å²) in [6.07, 6.45) is 3.00. The van der Waals surface area contributed by atoms with Crippen molar-refractivity contribution in [1.82, 2.24) is 10.2 Å². The molecule has 0 radical (unpaired) electrons. The average molecular weight is 361 g/mol. The van der Waals surface area contributed by atoms with E-state index in [1.807, 2.05) is 0 Å². The third-order valence-electron chi connectivity index (χ3n) is 3.75. The number of hydrogen-bond acceptors (Lipinski definition) is 3. The topological polar surface area (TPSA) is 35.5 Å². The van der Waals surface area contributed by atoms with Gasteiger partial charge in [-0.3, -0.25) is 4.90 Å². The van der Waals surface area contributed by atoms with E-state index in [0.29, 0.717) is 12.8 Å². The lowest BCUT2D eigenvalue weighted by Crippen LogP contribution is -2.45. The molecule has 0 unspecified atom stereocenters. The molecule has 0 spiro atoms. The highest BCUT2D eigenvalue weighted by molar-refractivity contribution is 9.10. The van der Waals surface area contributed by atoms with Gasteiger partial charge < -0.3 is 10.4 Å². The van der Waals surface area contributed by atoms with Gasteiger partial charge in [0, 0.05) is 32.2 Å². The molecule has 1 aromatic rings. The number of phenolic OH excluding ortho intramolecular Hbond substituents is 1. The second-order valence-corrected chi connectivity index (χ2v) is 5.94. The Morgan fingerprint density at radius 2 is 2.10 bits per heavy atom. The number of piperazine rings is 1. The number of phenols is 1. The maximum absolute atomic E-state index is 14.3. The number of hydrogen-bond donors (Lipinski definition) is 2. The van der Waals surface area contributed by atoms with Crippen molar-refractivity contribution in [2.24, 2.45) is 0 Å². The summed E-state index contributed by atoms with van der Waals surface area (Å²) in [5.41, 5.74) is 0.0330. The van der Waals surface area contributed by atoms with Crippen molar-refractivity contribution in [1.29, 1.82) is 0 Å². The first-order chi connectivity index (χ1) is 10.1. The van der Waals surface area contributed by atoms with Crippen LogP contribution in [0, 0.1) is 11.6 Å². The summed E-state index contributed by atoms with van der Waals surface area (Å²) in [6, 6.07) is 0.591. The monoisotopic (exact) mass is 360 g/mol. The van der Waals surface area contributed by atoms with E-state index in [2.05, 4.69) is 32.7 Å². The number of halogens is 3. The fraction of sp³-hybridized carbons (Fsp3) is 0.467. The first-order valence-corrected chi connectivity index (χ1v) is 7.77. The van der Waals surface area contributed by atoms with Crippen molar-refractivity contribution in [2.45, 2.75) is 18.9 Å². The maximum Gasteiger partial charge on any atom is 0.167 e. The maximum atomic E-state index is 14.3. The van der Waals surface area contributed by atoms with E-state index in [1.54, 1.807) is 6.08 Å². The minimum Gasteiger partial charge on any atom is -0.506 e. The molecule has 116 valence electrons. The Morgan fingerprint density at radius 1 is 1.43 bits per heavy atom. The van der Waals surface area contributed by atoms with Crippen molar-refractivity contribution in [2.75, 3.05) is 26.2 Å². The molecule has 1 aromatic carbocycles. The van der Waals surface area contributed by atoms with Crippen molar-refractivity contribution < 1.29 is 13.9 Å². The SMILES string of the molecule is C=CCC[C@@H](c1c(O)c(Br)cc(F)c1F)N1CCNCC1. The molecular weight excluding hydrogens is 342 g/mol. The van der Waals surface area contributed by atoms with Gasteiger partial charge in [0.25, 0.3) is 0 Å². The lowest BCUT2D eigenvalue weighted by molar-refractivity contribution is 0.159. The van der Waals surface area contributed by atoms with Gasteiger partial charge in [0.2, 0.25) is 0 Å². The van der Waals surface area contributed by atoms with Gasteiger partial charge in [-0.2, -0.15) is 0 Å². The third kappa shape index (κ3) is 3.62. The van der Waals surface area contributed by atoms with Crippen LogP contribution in [-0.2, 0) is 0 Å². The number of nitrogens with one attached hydrogen (secondary N) is 1. The van der Waals surface area contributed by atoms with Gasteiger partial charge in [-0.25, -0.2) is 8.78 Å². The van der Waals surface area contributed by atoms with Gasteiger partial charge in [0.15, 0.2) is 11.6 Å². The van der Waals surface area contributed by atoms with Gasteiger partial charge in [0.1, 0.15) is 5.75 Å². The number of aromatic hydroxyl groups is 1. The summed E-state index contributed by atoms with van der Waals surface area (Å²) >= 11 is 3.08. The number of nitrogens with zero attached hydrogens (tertiary/aromatic N) is 1. The summed E-state index contributed by atoms with van der Waals surface area (Å²) in [6.45, 7) is 6.73. The summed E-state index contributed by atoms with van der Waals surface area (Å²) in [7, 11) is 0. The van der Waals surface area contributed by atoms with Crippen LogP contribution in [0.15, 0.2) is 23.2 Å². The molecule has 0 amide bonds. The van der Waals surface area contributed by atoms with Crippen LogP contribution in [0.2, 0.25) is 0 Å². The average Bonchev–Trinajstić information content (AvgIpc) is 2.49. The molecule has 0 aliphatic carbocycles. The second-order valence-electron chi connectivity index (χ2n) is 5.08. The summed E-state index contributed by atoms with van der Waals surface area (Å²) in [4.78, 5) is 2.07. The number of rotatable bonds is 5. The largest absolute Gasteiger partial charge is 0.506 e. The van der Waals surface area contributed by atoms with Crippen LogP contribution in [0.25, 0.3) is 0 Å². The van der Waals surface area contributed by atoms with Gasteiger partial charge >= 0.3 is 0 Å². The Bertz CT molecular complexity index is 493. The second kappa shape index (κ2) is 7.33. The zero-order valence-corrected chi connectivity index (χ0v) is 13.3. The summed E-state index contributed by atoms with van der Waals surface area (Å²) < 4.78 is 28.1. The van der Waals surface area contributed by atoms with Crippen molar-refractivity contribution in [3.63, 3.8) is 0 Å². The van der Waals surface area contributed by atoms with Crippen LogP contribution in [0.1, 0.15) is 24.4 Å². The highest BCUT2D eigenvalue weighted by atomic mass is 79.9. The van der Waals surface area contributed by atoms with Gasteiger partial charge in [-0.15, -0.1) is 6.58 Å². The molecule has 1 heterocycles. The smallest absolute Gasteiger partial charge is 0.167 e. The molecule has 2 N–H and O–H groups in total. The predicted molar refractivity (Wildman–Crippen MR) is 82.3 cm³/mol. The Kier molecular flexibility index (Phi) is 5.72. The van der Waals surface area contributed by atoms with Crippen LogP contribution in [-0.4, -0.2) is 36.2 Å². The van der Waals surface area contributed by atoms with E-state index in [4.69, 9.17) is 0 Å². The predicted octanol–water partition coefficient (Wildman–Crippen LogP) is 3.35. The molecule has 0 aromatic heterocycles. The fourth-order valence-electron chi connectivity index (χ4n) is 2.69. The van der Waals surface area contributed by atoms with E-state index in [1.165, 1.54) is 0 Å². The lowest BCUT2D eigenvalue weighted by atomic mass is 9.97. The zero-order chi connectivity index (χ0) is 15.4. The third-order valence-corrected chi connectivity index (χ3v) is 4.36. The standard InChI is InChI=1S/C15H19BrF2N2O/c1-2-3-4-12(20-7-5-19-6-8-20)13-14(18)11(17)9-10(16)15(13)21/h2,9,12,19,21H,1,3-8H2/t12-/m0/s1. The molecule has 21 heavy (non-hydrogen) atoms. The van der Waals surface area contributed by atoms with Gasteiger partial charge in [0.05, 0.1) is 10.0 Å².